The van der Waals surface area contributed by atoms with Gasteiger partial charge in [0.15, 0.2) is 0 Å². The first-order chi connectivity index (χ1) is 10.2. The van der Waals surface area contributed by atoms with Crippen LogP contribution in [-0.4, -0.2) is 6.21 Å². The minimum Gasteiger partial charge on any atom is -0.455 e. The number of furan rings is 1. The third kappa shape index (κ3) is 3.38. The van der Waals surface area contributed by atoms with E-state index < -0.39 is 0 Å². The summed E-state index contributed by atoms with van der Waals surface area (Å²) in [6, 6.07) is 17.1. The molecule has 0 bridgehead atoms. The van der Waals surface area contributed by atoms with E-state index >= 15 is 0 Å². The van der Waals surface area contributed by atoms with Crippen molar-refractivity contribution < 1.29 is 8.81 Å². The molecule has 0 saturated heterocycles. The molecule has 0 amide bonds. The van der Waals surface area contributed by atoms with E-state index in [-0.39, 0.29) is 5.82 Å². The van der Waals surface area contributed by atoms with Gasteiger partial charge in [0, 0.05) is 10.6 Å². The van der Waals surface area contributed by atoms with Gasteiger partial charge in [-0.15, -0.1) is 0 Å². The molecule has 21 heavy (non-hydrogen) atoms. The normalized spacial score (nSPS) is 11.1. The summed E-state index contributed by atoms with van der Waals surface area (Å²) < 4.78 is 18.8. The van der Waals surface area contributed by atoms with Crippen molar-refractivity contribution in [1.82, 2.24) is 0 Å². The second-order valence-electron chi connectivity index (χ2n) is 4.45. The molecule has 1 heterocycles. The Bertz CT molecular complexity index is 795. The second kappa shape index (κ2) is 5.94. The van der Waals surface area contributed by atoms with Crippen molar-refractivity contribution >= 4 is 23.5 Å². The topological polar surface area (TPSA) is 25.5 Å². The fraction of sp³-hybridized carbons (Fsp3) is 0. The lowest BCUT2D eigenvalue weighted by molar-refractivity contribution is 0.573. The van der Waals surface area contributed by atoms with Crippen LogP contribution in [0.15, 0.2) is 70.1 Å². The lowest BCUT2D eigenvalue weighted by atomic mass is 10.2. The van der Waals surface area contributed by atoms with Gasteiger partial charge in [-0.05, 0) is 42.5 Å². The first-order valence-corrected chi connectivity index (χ1v) is 6.74. The van der Waals surface area contributed by atoms with Crippen molar-refractivity contribution in [3.63, 3.8) is 0 Å². The zero-order valence-electron chi connectivity index (χ0n) is 11.0. The van der Waals surface area contributed by atoms with E-state index in [1.807, 2.05) is 12.1 Å². The zero-order chi connectivity index (χ0) is 14.7. The van der Waals surface area contributed by atoms with Gasteiger partial charge in [-0.3, -0.25) is 4.99 Å². The molecule has 4 heteroatoms. The Balaban J connectivity index is 1.82. The Hall–Kier alpha value is -2.39. The summed E-state index contributed by atoms with van der Waals surface area (Å²) in [6.45, 7) is 0. The summed E-state index contributed by atoms with van der Waals surface area (Å²) in [7, 11) is 0. The van der Waals surface area contributed by atoms with Gasteiger partial charge in [-0.2, -0.15) is 0 Å². The van der Waals surface area contributed by atoms with Gasteiger partial charge < -0.3 is 4.42 Å². The highest BCUT2D eigenvalue weighted by atomic mass is 35.5. The lowest BCUT2D eigenvalue weighted by Gasteiger charge is -1.96. The molecule has 3 rings (SSSR count). The molecule has 1 aromatic heterocycles. The van der Waals surface area contributed by atoms with Crippen LogP contribution >= 0.6 is 11.6 Å². The highest BCUT2D eigenvalue weighted by Crippen LogP contribution is 2.23. The zero-order valence-corrected chi connectivity index (χ0v) is 11.7. The molecule has 104 valence electrons. The highest BCUT2D eigenvalue weighted by molar-refractivity contribution is 6.30. The van der Waals surface area contributed by atoms with Gasteiger partial charge in [0.05, 0.1) is 11.9 Å². The van der Waals surface area contributed by atoms with Crippen LogP contribution < -0.4 is 0 Å². The Kier molecular flexibility index (Phi) is 3.84. The standard InChI is InChI=1S/C17H11ClFNO/c18-13-4-2-6-15(10-13)20-11-16-7-8-17(21-16)12-3-1-5-14(19)9-12/h1-11H. The largest absolute Gasteiger partial charge is 0.455 e. The molecule has 0 saturated carbocycles. The van der Waals surface area contributed by atoms with Gasteiger partial charge in [0.2, 0.25) is 0 Å². The van der Waals surface area contributed by atoms with E-state index in [9.17, 15) is 4.39 Å². The van der Waals surface area contributed by atoms with E-state index in [4.69, 9.17) is 16.0 Å². The first kappa shape index (κ1) is 13.6. The number of nitrogens with zero attached hydrogens (tertiary/aromatic N) is 1. The van der Waals surface area contributed by atoms with Gasteiger partial charge in [0.1, 0.15) is 17.3 Å². The summed E-state index contributed by atoms with van der Waals surface area (Å²) in [5.41, 5.74) is 1.43. The molecular formula is C17H11ClFNO. The third-order valence-corrected chi connectivity index (χ3v) is 3.12. The average Bonchev–Trinajstić information content (AvgIpc) is 2.94. The van der Waals surface area contributed by atoms with Crippen LogP contribution in [-0.2, 0) is 0 Å². The fourth-order valence-electron chi connectivity index (χ4n) is 1.91. The van der Waals surface area contributed by atoms with Gasteiger partial charge in [-0.1, -0.05) is 29.8 Å². The van der Waals surface area contributed by atoms with Gasteiger partial charge in [-0.25, -0.2) is 4.39 Å². The van der Waals surface area contributed by atoms with Crippen molar-refractivity contribution in [1.29, 1.82) is 0 Å². The van der Waals surface area contributed by atoms with Crippen LogP contribution in [0, 0.1) is 5.82 Å². The van der Waals surface area contributed by atoms with E-state index in [0.29, 0.717) is 22.1 Å². The maximum atomic E-state index is 13.2. The number of hydrogen-bond donors (Lipinski definition) is 0. The molecule has 0 spiro atoms. The Morgan fingerprint density at radius 3 is 2.67 bits per heavy atom. The maximum Gasteiger partial charge on any atom is 0.145 e. The highest BCUT2D eigenvalue weighted by Gasteiger charge is 2.04. The van der Waals surface area contributed by atoms with E-state index in [0.717, 1.165) is 5.69 Å². The van der Waals surface area contributed by atoms with E-state index in [2.05, 4.69) is 4.99 Å². The van der Waals surface area contributed by atoms with Crippen LogP contribution in [0.4, 0.5) is 10.1 Å². The molecule has 0 aliphatic heterocycles. The average molecular weight is 300 g/mol. The molecule has 0 aliphatic rings. The Labute approximate surface area is 126 Å². The molecule has 0 atom stereocenters. The van der Waals surface area contributed by atoms with Crippen LogP contribution in [0.2, 0.25) is 5.02 Å². The molecule has 2 aromatic carbocycles. The molecule has 0 unspecified atom stereocenters. The molecule has 3 aromatic rings. The quantitative estimate of drug-likeness (QED) is 0.587. The minimum absolute atomic E-state index is 0.293. The Morgan fingerprint density at radius 1 is 1.00 bits per heavy atom. The summed E-state index contributed by atoms with van der Waals surface area (Å²) in [6.07, 6.45) is 1.61. The number of aliphatic imine (C=N–C) groups is 1. The monoisotopic (exact) mass is 299 g/mol. The molecule has 0 radical (unpaired) electrons. The van der Waals surface area contributed by atoms with Crippen molar-refractivity contribution in [3.05, 3.63) is 77.3 Å². The SMILES string of the molecule is Fc1cccc(-c2ccc(C=Nc3cccc(Cl)c3)o2)c1. The van der Waals surface area contributed by atoms with E-state index in [1.165, 1.54) is 12.1 Å². The molecule has 0 aliphatic carbocycles. The fourth-order valence-corrected chi connectivity index (χ4v) is 2.10. The summed E-state index contributed by atoms with van der Waals surface area (Å²) in [4.78, 5) is 4.28. The van der Waals surface area contributed by atoms with Crippen molar-refractivity contribution in [3.8, 4) is 11.3 Å². The summed E-state index contributed by atoms with van der Waals surface area (Å²) >= 11 is 5.89. The van der Waals surface area contributed by atoms with Gasteiger partial charge in [0.25, 0.3) is 0 Å². The van der Waals surface area contributed by atoms with Crippen LogP contribution in [0.1, 0.15) is 5.76 Å². The summed E-state index contributed by atoms with van der Waals surface area (Å²) in [5.74, 6) is 0.898. The smallest absolute Gasteiger partial charge is 0.145 e. The van der Waals surface area contributed by atoms with Crippen LogP contribution in [0.5, 0.6) is 0 Å². The van der Waals surface area contributed by atoms with Crippen LogP contribution in [0.3, 0.4) is 0 Å². The predicted octanol–water partition coefficient (Wildman–Crippen LogP) is 5.49. The first-order valence-electron chi connectivity index (χ1n) is 6.36. The molecular weight excluding hydrogens is 289 g/mol. The molecule has 0 N–H and O–H groups in total. The van der Waals surface area contributed by atoms with Crippen molar-refractivity contribution in [2.75, 3.05) is 0 Å². The van der Waals surface area contributed by atoms with Crippen molar-refractivity contribution in [2.24, 2.45) is 4.99 Å². The second-order valence-corrected chi connectivity index (χ2v) is 4.89. The van der Waals surface area contributed by atoms with Gasteiger partial charge >= 0.3 is 0 Å². The molecule has 0 fully saturated rings. The number of halogens is 2. The number of benzene rings is 2. The minimum atomic E-state index is -0.293. The molecule has 2 nitrogen and oxygen atoms in total. The lowest BCUT2D eigenvalue weighted by Crippen LogP contribution is -1.77. The number of rotatable bonds is 3. The predicted molar refractivity (Wildman–Crippen MR) is 82.8 cm³/mol. The van der Waals surface area contributed by atoms with E-state index in [1.54, 1.807) is 42.6 Å². The summed E-state index contributed by atoms with van der Waals surface area (Å²) in [5, 5.41) is 0.629. The van der Waals surface area contributed by atoms with Crippen LogP contribution in [0.25, 0.3) is 11.3 Å². The third-order valence-electron chi connectivity index (χ3n) is 2.88. The number of hydrogen-bond acceptors (Lipinski definition) is 2. The maximum absolute atomic E-state index is 13.2. The Morgan fingerprint density at radius 2 is 1.86 bits per heavy atom. The van der Waals surface area contributed by atoms with Crippen molar-refractivity contribution in [2.45, 2.75) is 0 Å².